The molecule has 1 aromatic carbocycles. The minimum atomic E-state index is -0.649. The smallest absolute Gasteiger partial charge is 0.267 e. The number of benzene rings is 1. The number of aromatic nitrogens is 4. The molecular formula is C21H21F2N5O. The fraction of sp³-hybridized carbons (Fsp3) is 0.333. The lowest BCUT2D eigenvalue weighted by molar-refractivity contribution is 0.519. The second-order valence-corrected chi connectivity index (χ2v) is 7.15. The van der Waals surface area contributed by atoms with Crippen molar-refractivity contribution in [2.24, 2.45) is 0 Å². The van der Waals surface area contributed by atoms with Crippen LogP contribution in [0, 0.1) is 11.6 Å². The van der Waals surface area contributed by atoms with Crippen LogP contribution in [0.5, 0.6) is 0 Å². The molecule has 0 aliphatic heterocycles. The largest absolute Gasteiger partial charge is 0.356 e. The maximum absolute atomic E-state index is 14.1. The van der Waals surface area contributed by atoms with Crippen molar-refractivity contribution < 1.29 is 8.78 Å². The Morgan fingerprint density at radius 3 is 2.72 bits per heavy atom. The molecule has 1 unspecified atom stereocenters. The van der Waals surface area contributed by atoms with Crippen LogP contribution in [0.2, 0.25) is 0 Å². The number of halogens is 2. The highest BCUT2D eigenvalue weighted by Gasteiger charge is 2.26. The van der Waals surface area contributed by atoms with Crippen LogP contribution >= 0.6 is 0 Å². The highest BCUT2D eigenvalue weighted by atomic mass is 19.1. The van der Waals surface area contributed by atoms with Crippen molar-refractivity contribution in [3.63, 3.8) is 0 Å². The monoisotopic (exact) mass is 397 g/mol. The number of hydrogen-bond donors (Lipinski definition) is 1. The lowest BCUT2D eigenvalue weighted by Crippen LogP contribution is -2.32. The van der Waals surface area contributed by atoms with Crippen molar-refractivity contribution in [2.75, 3.05) is 18.0 Å². The Bertz CT molecular complexity index is 1060. The van der Waals surface area contributed by atoms with E-state index in [1.54, 1.807) is 12.3 Å². The summed E-state index contributed by atoms with van der Waals surface area (Å²) in [5.41, 5.74) is 1.63. The normalized spacial score (nSPS) is 15.8. The van der Waals surface area contributed by atoms with Gasteiger partial charge in [-0.15, -0.1) is 0 Å². The first kappa shape index (κ1) is 19.2. The van der Waals surface area contributed by atoms with Crippen molar-refractivity contribution in [3.05, 3.63) is 69.9 Å². The molecule has 0 amide bonds. The zero-order chi connectivity index (χ0) is 20.4. The molecule has 2 aromatic heterocycles. The summed E-state index contributed by atoms with van der Waals surface area (Å²) in [5, 5.41) is 8.50. The number of aryl methyl sites for hydroxylation is 1. The van der Waals surface area contributed by atoms with Gasteiger partial charge in [0.15, 0.2) is 0 Å². The van der Waals surface area contributed by atoms with Crippen LogP contribution in [0.15, 0.2) is 41.5 Å². The van der Waals surface area contributed by atoms with Gasteiger partial charge in [0.05, 0.1) is 29.3 Å². The third kappa shape index (κ3) is 3.87. The molecule has 3 aromatic rings. The van der Waals surface area contributed by atoms with Gasteiger partial charge >= 0.3 is 0 Å². The van der Waals surface area contributed by atoms with Gasteiger partial charge in [-0.2, -0.15) is 10.2 Å². The van der Waals surface area contributed by atoms with E-state index in [9.17, 15) is 13.6 Å². The van der Waals surface area contributed by atoms with E-state index in [0.717, 1.165) is 30.5 Å². The molecule has 0 spiro atoms. The SMILES string of the molecule is CCN(CC1CCCc2cc(-c3c(F)cccc3F)nnc21)c1cncc(=O)[nH]1. The van der Waals surface area contributed by atoms with E-state index >= 15 is 0 Å². The topological polar surface area (TPSA) is 74.8 Å². The van der Waals surface area contributed by atoms with Crippen LogP contribution in [0.3, 0.4) is 0 Å². The predicted molar refractivity (Wildman–Crippen MR) is 106 cm³/mol. The highest BCUT2D eigenvalue weighted by molar-refractivity contribution is 5.61. The van der Waals surface area contributed by atoms with Crippen molar-refractivity contribution in [1.82, 2.24) is 20.2 Å². The third-order valence-corrected chi connectivity index (χ3v) is 5.31. The molecule has 29 heavy (non-hydrogen) atoms. The van der Waals surface area contributed by atoms with E-state index in [1.165, 1.54) is 24.4 Å². The zero-order valence-electron chi connectivity index (χ0n) is 16.0. The van der Waals surface area contributed by atoms with Crippen molar-refractivity contribution in [2.45, 2.75) is 32.1 Å². The van der Waals surface area contributed by atoms with Crippen LogP contribution < -0.4 is 10.5 Å². The van der Waals surface area contributed by atoms with Crippen LogP contribution in [-0.2, 0) is 6.42 Å². The van der Waals surface area contributed by atoms with E-state index in [1.807, 2.05) is 11.8 Å². The fourth-order valence-corrected chi connectivity index (χ4v) is 3.89. The molecule has 0 saturated carbocycles. The van der Waals surface area contributed by atoms with Gasteiger partial charge in [-0.25, -0.2) is 8.78 Å². The molecule has 0 radical (unpaired) electrons. The summed E-state index contributed by atoms with van der Waals surface area (Å²) in [6.07, 6.45) is 5.53. The fourth-order valence-electron chi connectivity index (χ4n) is 3.89. The van der Waals surface area contributed by atoms with Crippen molar-refractivity contribution in [3.8, 4) is 11.3 Å². The van der Waals surface area contributed by atoms with Crippen molar-refractivity contribution in [1.29, 1.82) is 0 Å². The molecule has 2 heterocycles. The molecule has 0 fully saturated rings. The van der Waals surface area contributed by atoms with E-state index < -0.39 is 11.6 Å². The molecule has 1 aliphatic carbocycles. The average molecular weight is 397 g/mol. The minimum absolute atomic E-state index is 0.106. The second kappa shape index (κ2) is 8.06. The first-order valence-electron chi connectivity index (χ1n) is 9.67. The lowest BCUT2D eigenvalue weighted by atomic mass is 9.86. The van der Waals surface area contributed by atoms with Gasteiger partial charge in [-0.3, -0.25) is 9.78 Å². The molecule has 8 heteroatoms. The number of nitrogens with one attached hydrogen (secondary N) is 1. The summed E-state index contributed by atoms with van der Waals surface area (Å²) < 4.78 is 28.3. The maximum atomic E-state index is 14.1. The van der Waals surface area contributed by atoms with E-state index in [4.69, 9.17) is 0 Å². The quantitative estimate of drug-likeness (QED) is 0.714. The van der Waals surface area contributed by atoms with Gasteiger partial charge in [0.25, 0.3) is 5.56 Å². The van der Waals surface area contributed by atoms with Crippen LogP contribution in [0.1, 0.15) is 36.9 Å². The Kier molecular flexibility index (Phi) is 5.33. The van der Waals surface area contributed by atoms with Crippen LogP contribution in [0.4, 0.5) is 14.6 Å². The summed E-state index contributed by atoms with van der Waals surface area (Å²) in [6, 6.07) is 5.52. The van der Waals surface area contributed by atoms with Gasteiger partial charge in [0.2, 0.25) is 0 Å². The number of nitrogens with zero attached hydrogens (tertiary/aromatic N) is 4. The van der Waals surface area contributed by atoms with Crippen molar-refractivity contribution >= 4 is 5.82 Å². The minimum Gasteiger partial charge on any atom is -0.356 e. The Labute approximate surface area is 166 Å². The van der Waals surface area contributed by atoms with Gasteiger partial charge in [-0.1, -0.05) is 6.07 Å². The Morgan fingerprint density at radius 2 is 2.00 bits per heavy atom. The molecule has 1 atom stereocenters. The van der Waals surface area contributed by atoms with Gasteiger partial charge < -0.3 is 9.88 Å². The number of likely N-dealkylation sites (N-methyl/N-ethyl adjacent to an activating group) is 1. The highest BCUT2D eigenvalue weighted by Crippen LogP contribution is 2.33. The molecule has 4 rings (SSSR count). The lowest BCUT2D eigenvalue weighted by Gasteiger charge is -2.30. The summed E-state index contributed by atoms with van der Waals surface area (Å²) in [6.45, 7) is 3.34. The summed E-state index contributed by atoms with van der Waals surface area (Å²) in [5.74, 6) is -0.534. The molecule has 0 bridgehead atoms. The number of hydrogen-bond acceptors (Lipinski definition) is 5. The zero-order valence-corrected chi connectivity index (χ0v) is 16.0. The average Bonchev–Trinajstić information content (AvgIpc) is 2.71. The van der Waals surface area contributed by atoms with E-state index in [-0.39, 0.29) is 22.7 Å². The van der Waals surface area contributed by atoms with E-state index in [0.29, 0.717) is 18.9 Å². The number of aromatic amines is 1. The molecule has 1 aliphatic rings. The molecule has 6 nitrogen and oxygen atoms in total. The number of rotatable bonds is 5. The Hall–Kier alpha value is -3.16. The number of fused-ring (bicyclic) bond motifs is 1. The van der Waals surface area contributed by atoms with Crippen LogP contribution in [-0.4, -0.2) is 33.3 Å². The maximum Gasteiger partial charge on any atom is 0.267 e. The summed E-state index contributed by atoms with van der Waals surface area (Å²) in [4.78, 5) is 20.4. The first-order chi connectivity index (χ1) is 14.1. The van der Waals surface area contributed by atoms with Gasteiger partial charge in [-0.05, 0) is 49.9 Å². The molecule has 150 valence electrons. The first-order valence-corrected chi connectivity index (χ1v) is 9.67. The third-order valence-electron chi connectivity index (χ3n) is 5.31. The summed E-state index contributed by atoms with van der Waals surface area (Å²) in [7, 11) is 0. The molecular weight excluding hydrogens is 376 g/mol. The predicted octanol–water partition coefficient (Wildman–Crippen LogP) is 3.45. The number of anilines is 1. The molecule has 1 N–H and O–H groups in total. The van der Waals surface area contributed by atoms with Crippen LogP contribution in [0.25, 0.3) is 11.3 Å². The standard InChI is InChI=1S/C21H21F2N5O/c1-2-28(18-10-24-11-19(29)25-18)12-14-6-3-5-13-9-17(26-27-21(13)14)20-15(22)7-4-8-16(20)23/h4,7-11,14H,2-3,5-6,12H2,1H3,(H,25,29). The van der Waals surface area contributed by atoms with Gasteiger partial charge in [0, 0.05) is 19.0 Å². The number of H-pyrrole nitrogens is 1. The Balaban J connectivity index is 1.64. The Morgan fingerprint density at radius 1 is 1.21 bits per heavy atom. The summed E-state index contributed by atoms with van der Waals surface area (Å²) >= 11 is 0. The van der Waals surface area contributed by atoms with Gasteiger partial charge in [0.1, 0.15) is 17.5 Å². The molecule has 0 saturated heterocycles. The second-order valence-electron chi connectivity index (χ2n) is 7.15. The van der Waals surface area contributed by atoms with E-state index in [2.05, 4.69) is 20.2 Å².